The Morgan fingerprint density at radius 3 is 3.13 bits per heavy atom. The van der Waals surface area contributed by atoms with E-state index in [1.165, 1.54) is 7.11 Å². The Bertz CT molecular complexity index is 345. The maximum atomic E-state index is 11.3. The van der Waals surface area contributed by atoms with Gasteiger partial charge in [-0.2, -0.15) is 10.3 Å². The summed E-state index contributed by atoms with van der Waals surface area (Å²) in [4.78, 5) is 11.3. The second-order valence-electron chi connectivity index (χ2n) is 3.11. The number of carbonyl (C=O) groups excluding carboxylic acids is 1. The van der Waals surface area contributed by atoms with Crippen molar-refractivity contribution in [2.75, 3.05) is 26.8 Å². The molecule has 7 nitrogen and oxygen atoms in total. The van der Waals surface area contributed by atoms with Crippen LogP contribution in [0.3, 0.4) is 0 Å². The van der Waals surface area contributed by atoms with Crippen LogP contribution in [0.4, 0.5) is 0 Å². The molecule has 2 N–H and O–H groups in total. The van der Waals surface area contributed by atoms with Crippen molar-refractivity contribution < 1.29 is 14.3 Å². The average Bonchev–Trinajstić information content (AvgIpc) is 2.78. The summed E-state index contributed by atoms with van der Waals surface area (Å²) in [6.07, 6.45) is -0.244. The van der Waals surface area contributed by atoms with Crippen LogP contribution in [0.25, 0.3) is 0 Å². The first-order valence-electron chi connectivity index (χ1n) is 4.64. The average molecular weight is 212 g/mol. The van der Waals surface area contributed by atoms with Crippen molar-refractivity contribution in [1.82, 2.24) is 20.7 Å². The maximum absolute atomic E-state index is 11.3. The molecule has 82 valence electrons. The molecule has 0 spiro atoms. The zero-order valence-corrected chi connectivity index (χ0v) is 8.32. The Hall–Kier alpha value is -1.47. The lowest BCUT2D eigenvalue weighted by Gasteiger charge is -2.21. The molecule has 1 saturated heterocycles. The van der Waals surface area contributed by atoms with E-state index in [9.17, 15) is 4.79 Å². The highest BCUT2D eigenvalue weighted by molar-refractivity contribution is 5.88. The molecule has 2 rings (SSSR count). The summed E-state index contributed by atoms with van der Waals surface area (Å²) in [5, 5.41) is 13.2. The SMILES string of the molecule is COC(=O)c1n[nH]nc1C1CNCCO1. The highest BCUT2D eigenvalue weighted by atomic mass is 16.5. The number of rotatable bonds is 2. The van der Waals surface area contributed by atoms with Crippen molar-refractivity contribution in [2.24, 2.45) is 0 Å². The summed E-state index contributed by atoms with van der Waals surface area (Å²) in [5.74, 6) is -0.507. The molecule has 1 unspecified atom stereocenters. The van der Waals surface area contributed by atoms with Crippen molar-refractivity contribution in [3.05, 3.63) is 11.4 Å². The fraction of sp³-hybridized carbons (Fsp3) is 0.625. The summed E-state index contributed by atoms with van der Waals surface area (Å²) < 4.78 is 10.1. The first-order chi connectivity index (χ1) is 7.33. The summed E-state index contributed by atoms with van der Waals surface area (Å²) in [6.45, 7) is 2.02. The Balaban J connectivity index is 2.19. The van der Waals surface area contributed by atoms with E-state index in [2.05, 4.69) is 25.5 Å². The molecule has 0 aliphatic carbocycles. The highest BCUT2D eigenvalue weighted by Crippen LogP contribution is 2.18. The lowest BCUT2D eigenvalue weighted by molar-refractivity contribution is 0.0232. The van der Waals surface area contributed by atoms with Gasteiger partial charge in [0.05, 0.1) is 13.7 Å². The molecule has 1 fully saturated rings. The molecule has 15 heavy (non-hydrogen) atoms. The van der Waals surface area contributed by atoms with Gasteiger partial charge in [0.1, 0.15) is 11.8 Å². The number of hydrogen-bond donors (Lipinski definition) is 2. The fourth-order valence-corrected chi connectivity index (χ4v) is 1.45. The molecule has 2 heterocycles. The van der Waals surface area contributed by atoms with Crippen LogP contribution in [0.5, 0.6) is 0 Å². The Labute approximate surface area is 86.1 Å². The van der Waals surface area contributed by atoms with Gasteiger partial charge in [-0.1, -0.05) is 0 Å². The predicted molar refractivity (Wildman–Crippen MR) is 49.3 cm³/mol. The van der Waals surface area contributed by atoms with E-state index < -0.39 is 5.97 Å². The quantitative estimate of drug-likeness (QED) is 0.627. The van der Waals surface area contributed by atoms with Gasteiger partial charge in [0, 0.05) is 13.1 Å². The lowest BCUT2D eigenvalue weighted by Crippen LogP contribution is -2.34. The molecule has 1 atom stereocenters. The Morgan fingerprint density at radius 1 is 1.60 bits per heavy atom. The molecule has 0 radical (unpaired) electrons. The molecule has 1 aromatic rings. The van der Waals surface area contributed by atoms with E-state index in [0.29, 0.717) is 18.8 Å². The van der Waals surface area contributed by atoms with Gasteiger partial charge in [0.25, 0.3) is 0 Å². The highest BCUT2D eigenvalue weighted by Gasteiger charge is 2.26. The van der Waals surface area contributed by atoms with E-state index in [-0.39, 0.29) is 11.8 Å². The molecule has 1 aliphatic heterocycles. The number of nitrogens with zero attached hydrogens (tertiary/aromatic N) is 2. The zero-order chi connectivity index (χ0) is 10.7. The summed E-state index contributed by atoms with van der Waals surface area (Å²) in [5.41, 5.74) is 0.681. The van der Waals surface area contributed by atoms with Crippen LogP contribution in [-0.4, -0.2) is 48.2 Å². The van der Waals surface area contributed by atoms with Gasteiger partial charge in [-0.05, 0) is 0 Å². The molecule has 1 aliphatic rings. The fourth-order valence-electron chi connectivity index (χ4n) is 1.45. The van der Waals surface area contributed by atoms with Crippen LogP contribution in [0.2, 0.25) is 0 Å². The zero-order valence-electron chi connectivity index (χ0n) is 8.32. The maximum Gasteiger partial charge on any atom is 0.360 e. The van der Waals surface area contributed by atoms with Crippen LogP contribution in [0.15, 0.2) is 0 Å². The number of ether oxygens (including phenoxy) is 2. The summed E-state index contributed by atoms with van der Waals surface area (Å²) in [6, 6.07) is 0. The predicted octanol–water partition coefficient (Wildman–Crippen LogP) is -0.748. The minimum atomic E-state index is -0.507. The topological polar surface area (TPSA) is 89.1 Å². The van der Waals surface area contributed by atoms with E-state index >= 15 is 0 Å². The molecule has 0 amide bonds. The Kier molecular flexibility index (Phi) is 2.93. The Morgan fingerprint density at radius 2 is 2.47 bits per heavy atom. The molecule has 1 aromatic heterocycles. The standard InChI is InChI=1S/C8H12N4O3/c1-14-8(13)7-6(10-12-11-7)5-4-9-2-3-15-5/h5,9H,2-4H2,1H3,(H,10,11,12). The first kappa shape index (κ1) is 10.1. The largest absolute Gasteiger partial charge is 0.464 e. The lowest BCUT2D eigenvalue weighted by atomic mass is 10.2. The van der Waals surface area contributed by atoms with Crippen LogP contribution in [-0.2, 0) is 9.47 Å². The van der Waals surface area contributed by atoms with Crippen molar-refractivity contribution >= 4 is 5.97 Å². The molecular formula is C8H12N4O3. The third-order valence-corrected chi connectivity index (χ3v) is 2.19. The molecule has 0 aromatic carbocycles. The van der Waals surface area contributed by atoms with Gasteiger partial charge in [-0.15, -0.1) is 5.10 Å². The number of methoxy groups -OCH3 is 1. The number of aromatic amines is 1. The monoisotopic (exact) mass is 212 g/mol. The number of hydrogen-bond acceptors (Lipinski definition) is 6. The van der Waals surface area contributed by atoms with Crippen LogP contribution in [0, 0.1) is 0 Å². The number of aromatic nitrogens is 3. The van der Waals surface area contributed by atoms with Crippen molar-refractivity contribution in [3.63, 3.8) is 0 Å². The number of esters is 1. The molecule has 0 saturated carbocycles. The van der Waals surface area contributed by atoms with Crippen molar-refractivity contribution in [2.45, 2.75) is 6.10 Å². The van der Waals surface area contributed by atoms with Gasteiger partial charge >= 0.3 is 5.97 Å². The first-order valence-corrected chi connectivity index (χ1v) is 4.64. The molecular weight excluding hydrogens is 200 g/mol. The van der Waals surface area contributed by atoms with Gasteiger partial charge in [0.15, 0.2) is 5.69 Å². The number of morpholine rings is 1. The van der Waals surface area contributed by atoms with Crippen LogP contribution in [0.1, 0.15) is 22.3 Å². The van der Waals surface area contributed by atoms with E-state index in [1.54, 1.807) is 0 Å². The normalized spacial score (nSPS) is 21.3. The van der Waals surface area contributed by atoms with Gasteiger partial charge in [-0.25, -0.2) is 4.79 Å². The van der Waals surface area contributed by atoms with E-state index in [0.717, 1.165) is 6.54 Å². The second kappa shape index (κ2) is 4.37. The number of nitrogens with one attached hydrogen (secondary N) is 2. The minimum Gasteiger partial charge on any atom is -0.464 e. The van der Waals surface area contributed by atoms with Crippen molar-refractivity contribution in [1.29, 1.82) is 0 Å². The van der Waals surface area contributed by atoms with Crippen LogP contribution >= 0.6 is 0 Å². The third kappa shape index (κ3) is 1.97. The summed E-state index contributed by atoms with van der Waals surface area (Å²) in [7, 11) is 1.31. The number of H-pyrrole nitrogens is 1. The summed E-state index contributed by atoms with van der Waals surface area (Å²) >= 11 is 0. The van der Waals surface area contributed by atoms with Gasteiger partial charge in [-0.3, -0.25) is 0 Å². The third-order valence-electron chi connectivity index (χ3n) is 2.19. The van der Waals surface area contributed by atoms with Gasteiger partial charge in [0.2, 0.25) is 0 Å². The molecule has 7 heteroatoms. The molecule has 0 bridgehead atoms. The van der Waals surface area contributed by atoms with E-state index in [1.807, 2.05) is 0 Å². The van der Waals surface area contributed by atoms with E-state index in [4.69, 9.17) is 4.74 Å². The number of carbonyl (C=O) groups is 1. The minimum absolute atomic E-state index is 0.186. The van der Waals surface area contributed by atoms with Crippen molar-refractivity contribution in [3.8, 4) is 0 Å². The van der Waals surface area contributed by atoms with Gasteiger partial charge < -0.3 is 14.8 Å². The second-order valence-corrected chi connectivity index (χ2v) is 3.11. The van der Waals surface area contributed by atoms with Crippen LogP contribution < -0.4 is 5.32 Å². The smallest absolute Gasteiger partial charge is 0.360 e.